The smallest absolute Gasteiger partial charge is 0.138 e. The number of aromatic hydroxyl groups is 1. The summed E-state index contributed by atoms with van der Waals surface area (Å²) in [6.07, 6.45) is 1.69. The van der Waals surface area contributed by atoms with Crippen molar-refractivity contribution in [2.24, 2.45) is 0 Å². The van der Waals surface area contributed by atoms with Crippen LogP contribution in [0.25, 0.3) is 0 Å². The molecule has 1 aromatic heterocycles. The standard InChI is InChI=1S/C16H20N2O2S/c1-12-8-9-16(19)14(18-12)10-17-15(11-21(2)20)13-6-4-3-5-7-13/h3-9,15,17,19H,10-11H2,1-2H3/t15-,21-/m0/s1. The fourth-order valence-electron chi connectivity index (χ4n) is 2.15. The molecule has 2 aromatic rings. The van der Waals surface area contributed by atoms with Gasteiger partial charge in [-0.2, -0.15) is 0 Å². The van der Waals surface area contributed by atoms with E-state index in [1.54, 1.807) is 18.4 Å². The number of nitrogens with zero attached hydrogens (tertiary/aromatic N) is 1. The number of pyridine rings is 1. The van der Waals surface area contributed by atoms with Gasteiger partial charge in [0.15, 0.2) is 0 Å². The zero-order valence-electron chi connectivity index (χ0n) is 12.2. The first kappa shape index (κ1) is 15.7. The van der Waals surface area contributed by atoms with Crippen LogP contribution in [0.15, 0.2) is 42.5 Å². The molecule has 0 aliphatic rings. The molecule has 0 unspecified atom stereocenters. The van der Waals surface area contributed by atoms with Crippen molar-refractivity contribution in [1.82, 2.24) is 10.3 Å². The van der Waals surface area contributed by atoms with E-state index in [0.717, 1.165) is 11.3 Å². The third kappa shape index (κ3) is 4.65. The summed E-state index contributed by atoms with van der Waals surface area (Å²) >= 11 is 0. The number of hydrogen-bond donors (Lipinski definition) is 2. The molecule has 0 saturated carbocycles. The van der Waals surface area contributed by atoms with Crippen molar-refractivity contribution < 1.29 is 9.32 Å². The van der Waals surface area contributed by atoms with Crippen LogP contribution in [0.5, 0.6) is 5.75 Å². The highest BCUT2D eigenvalue weighted by Crippen LogP contribution is 2.18. The lowest BCUT2D eigenvalue weighted by molar-refractivity contribution is 0.454. The molecule has 0 aliphatic carbocycles. The summed E-state index contributed by atoms with van der Waals surface area (Å²) in [5.74, 6) is 0.703. The Morgan fingerprint density at radius 2 is 1.95 bits per heavy atom. The molecule has 0 radical (unpaired) electrons. The maximum Gasteiger partial charge on any atom is 0.138 e. The molecule has 4 nitrogen and oxygen atoms in total. The van der Waals surface area contributed by atoms with Crippen LogP contribution in [0.3, 0.4) is 0 Å². The van der Waals surface area contributed by atoms with Crippen molar-refractivity contribution in [3.8, 4) is 5.75 Å². The van der Waals surface area contributed by atoms with Crippen molar-refractivity contribution in [3.05, 3.63) is 59.4 Å². The minimum Gasteiger partial charge on any atom is -0.506 e. The average molecular weight is 304 g/mol. The van der Waals surface area contributed by atoms with E-state index in [1.807, 2.05) is 37.3 Å². The summed E-state index contributed by atoms with van der Waals surface area (Å²) in [6.45, 7) is 2.32. The van der Waals surface area contributed by atoms with Crippen molar-refractivity contribution in [3.63, 3.8) is 0 Å². The van der Waals surface area contributed by atoms with Gasteiger partial charge >= 0.3 is 0 Å². The molecule has 112 valence electrons. The largest absolute Gasteiger partial charge is 0.506 e. The second-order valence-electron chi connectivity index (χ2n) is 5.00. The lowest BCUT2D eigenvalue weighted by Gasteiger charge is -2.18. The molecule has 0 saturated heterocycles. The van der Waals surface area contributed by atoms with Gasteiger partial charge < -0.3 is 10.4 Å². The summed E-state index contributed by atoms with van der Waals surface area (Å²) in [4.78, 5) is 4.33. The molecule has 5 heteroatoms. The number of aromatic nitrogens is 1. The van der Waals surface area contributed by atoms with Gasteiger partial charge in [0.05, 0.1) is 5.69 Å². The minimum atomic E-state index is -0.909. The first-order valence-corrected chi connectivity index (χ1v) is 8.53. The molecule has 1 aromatic carbocycles. The van der Waals surface area contributed by atoms with Crippen molar-refractivity contribution in [1.29, 1.82) is 0 Å². The van der Waals surface area contributed by atoms with Gasteiger partial charge in [-0.3, -0.25) is 9.19 Å². The summed E-state index contributed by atoms with van der Waals surface area (Å²) in [7, 11) is -0.909. The molecule has 0 fully saturated rings. The molecular formula is C16H20N2O2S. The van der Waals surface area contributed by atoms with E-state index in [-0.39, 0.29) is 11.8 Å². The Balaban J connectivity index is 2.12. The van der Waals surface area contributed by atoms with E-state index in [2.05, 4.69) is 10.3 Å². The highest BCUT2D eigenvalue weighted by Gasteiger charge is 2.14. The van der Waals surface area contributed by atoms with E-state index in [9.17, 15) is 9.32 Å². The molecule has 2 atom stereocenters. The predicted molar refractivity (Wildman–Crippen MR) is 85.6 cm³/mol. The quantitative estimate of drug-likeness (QED) is 0.859. The molecule has 2 N–H and O–H groups in total. The molecule has 0 aliphatic heterocycles. The lowest BCUT2D eigenvalue weighted by Crippen LogP contribution is -2.26. The van der Waals surface area contributed by atoms with Crippen LogP contribution in [-0.2, 0) is 17.3 Å². The van der Waals surface area contributed by atoms with Gasteiger partial charge in [0, 0.05) is 41.1 Å². The van der Waals surface area contributed by atoms with Crippen molar-refractivity contribution in [2.45, 2.75) is 19.5 Å². The second kappa shape index (κ2) is 7.33. The molecule has 21 heavy (non-hydrogen) atoms. The first-order chi connectivity index (χ1) is 10.1. The molecule has 2 rings (SSSR count). The molecular weight excluding hydrogens is 284 g/mol. The van der Waals surface area contributed by atoms with Gasteiger partial charge in [-0.15, -0.1) is 0 Å². The van der Waals surface area contributed by atoms with Gasteiger partial charge in [-0.05, 0) is 24.6 Å². The maximum atomic E-state index is 11.6. The van der Waals surface area contributed by atoms with E-state index in [4.69, 9.17) is 0 Å². The number of benzene rings is 1. The number of rotatable bonds is 6. The Hall–Kier alpha value is -1.72. The van der Waals surface area contributed by atoms with Gasteiger partial charge in [-0.25, -0.2) is 0 Å². The normalized spacial score (nSPS) is 13.8. The topological polar surface area (TPSA) is 62.2 Å². The minimum absolute atomic E-state index is 0.0289. The fourth-order valence-corrected chi connectivity index (χ4v) is 2.93. The fraction of sp³-hybridized carbons (Fsp3) is 0.312. The zero-order chi connectivity index (χ0) is 15.2. The molecule has 0 bridgehead atoms. The lowest BCUT2D eigenvalue weighted by atomic mass is 10.1. The van der Waals surface area contributed by atoms with Gasteiger partial charge in [-0.1, -0.05) is 30.3 Å². The maximum absolute atomic E-state index is 11.6. The van der Waals surface area contributed by atoms with E-state index in [1.165, 1.54) is 0 Å². The van der Waals surface area contributed by atoms with Crippen molar-refractivity contribution in [2.75, 3.05) is 12.0 Å². The van der Waals surface area contributed by atoms with Gasteiger partial charge in [0.25, 0.3) is 0 Å². The van der Waals surface area contributed by atoms with Crippen LogP contribution < -0.4 is 5.32 Å². The highest BCUT2D eigenvalue weighted by atomic mass is 32.2. The average Bonchev–Trinajstić information content (AvgIpc) is 2.47. The second-order valence-corrected chi connectivity index (χ2v) is 6.48. The highest BCUT2D eigenvalue weighted by molar-refractivity contribution is 7.84. The zero-order valence-corrected chi connectivity index (χ0v) is 13.1. The van der Waals surface area contributed by atoms with E-state index in [0.29, 0.717) is 18.0 Å². The van der Waals surface area contributed by atoms with Gasteiger partial charge in [0.1, 0.15) is 5.75 Å². The molecule has 0 spiro atoms. The Morgan fingerprint density at radius 3 is 2.62 bits per heavy atom. The Bertz CT molecular complexity index is 617. The van der Waals surface area contributed by atoms with Crippen LogP contribution in [-0.4, -0.2) is 26.3 Å². The molecule has 0 amide bonds. The number of hydrogen-bond acceptors (Lipinski definition) is 4. The van der Waals surface area contributed by atoms with Crippen molar-refractivity contribution >= 4 is 10.8 Å². The third-order valence-electron chi connectivity index (χ3n) is 3.21. The Kier molecular flexibility index (Phi) is 5.47. The monoisotopic (exact) mass is 304 g/mol. The SMILES string of the molecule is Cc1ccc(O)c(CN[C@@H](C[S@](C)=O)c2ccccc2)n1. The van der Waals surface area contributed by atoms with Crippen LogP contribution in [0.2, 0.25) is 0 Å². The predicted octanol–water partition coefficient (Wildman–Crippen LogP) is 2.31. The third-order valence-corrected chi connectivity index (χ3v) is 4.01. The van der Waals surface area contributed by atoms with Gasteiger partial charge in [0.2, 0.25) is 0 Å². The van der Waals surface area contributed by atoms with Crippen LogP contribution in [0.4, 0.5) is 0 Å². The summed E-state index contributed by atoms with van der Waals surface area (Å²) in [5, 5.41) is 13.2. The summed E-state index contributed by atoms with van der Waals surface area (Å²) in [5.41, 5.74) is 2.55. The van der Waals surface area contributed by atoms with E-state index < -0.39 is 10.8 Å². The summed E-state index contributed by atoms with van der Waals surface area (Å²) in [6, 6.07) is 13.3. The van der Waals surface area contributed by atoms with Crippen LogP contribution >= 0.6 is 0 Å². The van der Waals surface area contributed by atoms with Crippen LogP contribution in [0, 0.1) is 6.92 Å². The first-order valence-electron chi connectivity index (χ1n) is 6.80. The summed E-state index contributed by atoms with van der Waals surface area (Å²) < 4.78 is 11.6. The van der Waals surface area contributed by atoms with E-state index >= 15 is 0 Å². The number of nitrogens with one attached hydrogen (secondary N) is 1. The number of aryl methyl sites for hydroxylation is 1. The Morgan fingerprint density at radius 1 is 1.24 bits per heavy atom. The Labute approximate surface area is 127 Å². The molecule has 1 heterocycles. The van der Waals surface area contributed by atoms with Crippen LogP contribution in [0.1, 0.15) is 23.0 Å².